The van der Waals surface area contributed by atoms with Gasteiger partial charge >= 0.3 is 18.2 Å². The van der Waals surface area contributed by atoms with Crippen LogP contribution in [0.25, 0.3) is 0 Å². The maximum absolute atomic E-state index is 13.4. The van der Waals surface area contributed by atoms with Gasteiger partial charge in [-0.25, -0.2) is 19.8 Å². The Morgan fingerprint density at radius 2 is 1.68 bits per heavy atom. The van der Waals surface area contributed by atoms with Crippen molar-refractivity contribution in [1.82, 2.24) is 10.4 Å². The Hall–Kier alpha value is -3.10. The Labute approximate surface area is 162 Å². The Morgan fingerprint density at radius 3 is 2.32 bits per heavy atom. The molecule has 0 fully saturated rings. The van der Waals surface area contributed by atoms with Crippen molar-refractivity contribution in [2.24, 2.45) is 0 Å². The summed E-state index contributed by atoms with van der Waals surface area (Å²) in [6.07, 6.45) is -1.81. The quantitative estimate of drug-likeness (QED) is 0.354. The molecule has 0 aliphatic heterocycles. The van der Waals surface area contributed by atoms with Crippen LogP contribution < -0.4 is 5.43 Å². The summed E-state index contributed by atoms with van der Waals surface area (Å²) in [5.74, 6) is -1.60. The number of hydrogen-bond donors (Lipinski definition) is 1. The summed E-state index contributed by atoms with van der Waals surface area (Å²) in [6, 6.07) is 6.78. The van der Waals surface area contributed by atoms with Crippen LogP contribution in [0.4, 0.5) is 9.59 Å². The van der Waals surface area contributed by atoms with Crippen LogP contribution in [0, 0.1) is 0 Å². The number of rotatable bonds is 5. The molecule has 1 aromatic carbocycles. The predicted octanol–water partition coefficient (Wildman–Crippen LogP) is 2.24. The number of nitrogens with one attached hydrogen (secondary N) is 1. The SMILES string of the molecule is CCOC(=O)NN(C(=O)OCC)[C@]1(C(=O)OCC)CCc2ccccc2C1=O. The first kappa shape index (κ1) is 21.2. The lowest BCUT2D eigenvalue weighted by molar-refractivity contribution is -0.155. The van der Waals surface area contributed by atoms with E-state index < -0.39 is 29.5 Å². The second-order valence-electron chi connectivity index (χ2n) is 5.93. The first-order chi connectivity index (χ1) is 13.4. The number of ketones is 1. The number of amides is 2. The number of carbonyl (C=O) groups is 4. The number of esters is 1. The molecule has 0 heterocycles. The number of carbonyl (C=O) groups excluding carboxylic acids is 4. The fourth-order valence-corrected chi connectivity index (χ4v) is 3.10. The molecule has 0 radical (unpaired) electrons. The van der Waals surface area contributed by atoms with Crippen LogP contribution in [0.15, 0.2) is 24.3 Å². The molecule has 0 bridgehead atoms. The molecule has 0 unspecified atom stereocenters. The molecule has 1 aliphatic rings. The maximum atomic E-state index is 13.4. The number of hydrazine groups is 1. The van der Waals surface area contributed by atoms with Crippen LogP contribution in [0.5, 0.6) is 0 Å². The summed E-state index contributed by atoms with van der Waals surface area (Å²) in [4.78, 5) is 51.0. The summed E-state index contributed by atoms with van der Waals surface area (Å²) in [5.41, 5.74) is 1.12. The van der Waals surface area contributed by atoms with E-state index in [-0.39, 0.29) is 31.8 Å². The highest BCUT2D eigenvalue weighted by Gasteiger charge is 2.58. The number of nitrogens with zero attached hydrogens (tertiary/aromatic N) is 1. The monoisotopic (exact) mass is 392 g/mol. The van der Waals surface area contributed by atoms with E-state index in [1.54, 1.807) is 45.0 Å². The highest BCUT2D eigenvalue weighted by Crippen LogP contribution is 2.34. The van der Waals surface area contributed by atoms with E-state index in [9.17, 15) is 19.2 Å². The van der Waals surface area contributed by atoms with Gasteiger partial charge in [-0.3, -0.25) is 4.79 Å². The molecule has 1 N–H and O–H groups in total. The van der Waals surface area contributed by atoms with Crippen molar-refractivity contribution in [1.29, 1.82) is 0 Å². The van der Waals surface area contributed by atoms with Crippen LogP contribution >= 0.6 is 0 Å². The van der Waals surface area contributed by atoms with Crippen molar-refractivity contribution in [3.8, 4) is 0 Å². The minimum absolute atomic E-state index is 0.00835. The third kappa shape index (κ3) is 3.92. The van der Waals surface area contributed by atoms with Gasteiger partial charge in [0.2, 0.25) is 11.3 Å². The van der Waals surface area contributed by atoms with Crippen LogP contribution in [0.1, 0.15) is 43.1 Å². The second kappa shape index (κ2) is 9.20. The Kier molecular flexibility index (Phi) is 6.97. The Bertz CT molecular complexity index is 764. The molecule has 1 aliphatic carbocycles. The van der Waals surface area contributed by atoms with E-state index in [0.29, 0.717) is 11.4 Å². The largest absolute Gasteiger partial charge is 0.464 e. The summed E-state index contributed by atoms with van der Waals surface area (Å²) in [6.45, 7) is 4.73. The number of aryl methyl sites for hydroxylation is 1. The molecule has 0 spiro atoms. The maximum Gasteiger partial charge on any atom is 0.430 e. The van der Waals surface area contributed by atoms with Gasteiger partial charge < -0.3 is 14.2 Å². The van der Waals surface area contributed by atoms with Gasteiger partial charge in [0.05, 0.1) is 19.8 Å². The molecule has 2 rings (SSSR count). The van der Waals surface area contributed by atoms with Crippen LogP contribution in [0.2, 0.25) is 0 Å². The van der Waals surface area contributed by atoms with Crippen molar-refractivity contribution in [3.05, 3.63) is 35.4 Å². The number of ether oxygens (including phenoxy) is 3. The van der Waals surface area contributed by atoms with Crippen molar-refractivity contribution >= 4 is 23.9 Å². The van der Waals surface area contributed by atoms with Gasteiger partial charge in [-0.1, -0.05) is 24.3 Å². The molecule has 9 nitrogen and oxygen atoms in total. The molecule has 28 heavy (non-hydrogen) atoms. The van der Waals surface area contributed by atoms with E-state index >= 15 is 0 Å². The highest BCUT2D eigenvalue weighted by atomic mass is 16.6. The standard InChI is InChI=1S/C19H24N2O7/c1-4-26-16(23)19(12-11-13-9-7-8-10-14(13)15(19)22)21(18(25)28-6-3)20-17(24)27-5-2/h7-10H,4-6,11-12H2,1-3H3,(H,20,24)/t19-/m1/s1. The Morgan fingerprint density at radius 1 is 1.04 bits per heavy atom. The topological polar surface area (TPSA) is 111 Å². The van der Waals surface area contributed by atoms with E-state index in [2.05, 4.69) is 5.43 Å². The van der Waals surface area contributed by atoms with Gasteiger partial charge in [-0.2, -0.15) is 5.01 Å². The zero-order valence-electron chi connectivity index (χ0n) is 16.1. The summed E-state index contributed by atoms with van der Waals surface area (Å²) in [7, 11) is 0. The van der Waals surface area contributed by atoms with Crippen molar-refractivity contribution in [2.75, 3.05) is 19.8 Å². The van der Waals surface area contributed by atoms with E-state index in [0.717, 1.165) is 5.56 Å². The van der Waals surface area contributed by atoms with Crippen molar-refractivity contribution < 1.29 is 33.4 Å². The summed E-state index contributed by atoms with van der Waals surface area (Å²) >= 11 is 0. The average molecular weight is 392 g/mol. The van der Waals surface area contributed by atoms with Crippen LogP contribution in [0.3, 0.4) is 0 Å². The number of hydrogen-bond acceptors (Lipinski definition) is 7. The zero-order chi connectivity index (χ0) is 20.7. The van der Waals surface area contributed by atoms with Crippen molar-refractivity contribution in [2.45, 2.75) is 39.2 Å². The molecule has 0 aromatic heterocycles. The predicted molar refractivity (Wildman–Crippen MR) is 97.5 cm³/mol. The third-order valence-electron chi connectivity index (χ3n) is 4.32. The van der Waals surface area contributed by atoms with Crippen LogP contribution in [-0.2, 0) is 25.4 Å². The van der Waals surface area contributed by atoms with Gasteiger partial charge in [-0.05, 0) is 39.2 Å². The lowest BCUT2D eigenvalue weighted by Crippen LogP contribution is -2.69. The molecule has 1 atom stereocenters. The summed E-state index contributed by atoms with van der Waals surface area (Å²) in [5, 5.41) is 0.602. The van der Waals surface area contributed by atoms with E-state index in [1.165, 1.54) is 0 Å². The van der Waals surface area contributed by atoms with Gasteiger partial charge in [0.15, 0.2) is 0 Å². The molecule has 0 saturated carbocycles. The molecule has 2 amide bonds. The highest BCUT2D eigenvalue weighted by molar-refractivity contribution is 6.19. The molecule has 152 valence electrons. The summed E-state index contributed by atoms with van der Waals surface area (Å²) < 4.78 is 14.9. The minimum Gasteiger partial charge on any atom is -0.464 e. The molecular formula is C19H24N2O7. The van der Waals surface area contributed by atoms with Gasteiger partial charge in [-0.15, -0.1) is 0 Å². The lowest BCUT2D eigenvalue weighted by Gasteiger charge is -2.41. The fraction of sp³-hybridized carbons (Fsp3) is 0.474. The smallest absolute Gasteiger partial charge is 0.430 e. The zero-order valence-corrected chi connectivity index (χ0v) is 16.1. The Balaban J connectivity index is 2.58. The van der Waals surface area contributed by atoms with E-state index in [1.807, 2.05) is 0 Å². The fourth-order valence-electron chi connectivity index (χ4n) is 3.10. The second-order valence-corrected chi connectivity index (χ2v) is 5.93. The van der Waals surface area contributed by atoms with Crippen molar-refractivity contribution in [3.63, 3.8) is 0 Å². The normalized spacial score (nSPS) is 17.9. The molecular weight excluding hydrogens is 368 g/mol. The first-order valence-electron chi connectivity index (χ1n) is 9.12. The molecule has 1 aromatic rings. The molecule has 9 heteroatoms. The van der Waals surface area contributed by atoms with Crippen LogP contribution in [-0.4, -0.2) is 54.3 Å². The number of fused-ring (bicyclic) bond motifs is 1. The first-order valence-corrected chi connectivity index (χ1v) is 9.12. The lowest BCUT2D eigenvalue weighted by atomic mass is 9.76. The molecule has 0 saturated heterocycles. The van der Waals surface area contributed by atoms with Gasteiger partial charge in [0, 0.05) is 5.56 Å². The minimum atomic E-state index is -2.09. The average Bonchev–Trinajstić information content (AvgIpc) is 2.68. The van der Waals surface area contributed by atoms with Gasteiger partial charge in [0.1, 0.15) is 0 Å². The number of benzene rings is 1. The van der Waals surface area contributed by atoms with Gasteiger partial charge in [0.25, 0.3) is 0 Å². The third-order valence-corrected chi connectivity index (χ3v) is 4.32. The van der Waals surface area contributed by atoms with E-state index in [4.69, 9.17) is 14.2 Å². The number of Topliss-reactive ketones (excluding diaryl/α,β-unsaturated/α-hetero) is 1.